The molecule has 4 nitrogen and oxygen atoms in total. The van der Waals surface area contributed by atoms with E-state index >= 15 is 0 Å². The van der Waals surface area contributed by atoms with Gasteiger partial charge in [0.2, 0.25) is 0 Å². The number of aromatic nitrogens is 2. The molecule has 0 saturated heterocycles. The van der Waals surface area contributed by atoms with Gasteiger partial charge in [-0.1, -0.05) is 0 Å². The van der Waals surface area contributed by atoms with Crippen LogP contribution in [-0.2, 0) is 13.6 Å². The second-order valence-electron chi connectivity index (χ2n) is 4.76. The number of nitrogens with zero attached hydrogens (tertiary/aromatic N) is 3. The molecule has 0 spiro atoms. The Kier molecular flexibility index (Phi) is 4.51. The molecule has 16 heavy (non-hydrogen) atoms. The zero-order valence-electron chi connectivity index (χ0n) is 10.3. The monoisotopic (exact) mass is 220 g/mol. The largest absolute Gasteiger partial charge is 0.311 e. The van der Waals surface area contributed by atoms with Gasteiger partial charge in [-0.05, 0) is 39.3 Å². The first-order valence-corrected chi connectivity index (χ1v) is 5.64. The summed E-state index contributed by atoms with van der Waals surface area (Å²) >= 11 is 0. The molecule has 1 aromatic heterocycles. The normalized spacial score (nSPS) is 11.4. The van der Waals surface area contributed by atoms with Gasteiger partial charge in [0, 0.05) is 19.8 Å². The molecule has 4 heteroatoms. The summed E-state index contributed by atoms with van der Waals surface area (Å²) in [5.74, 6) is 0. The Labute approximate surface area is 97.3 Å². The highest BCUT2D eigenvalue weighted by molar-refractivity contribution is 4.97. The van der Waals surface area contributed by atoms with Gasteiger partial charge in [-0.2, -0.15) is 10.4 Å². The van der Waals surface area contributed by atoms with Gasteiger partial charge in [0.1, 0.15) is 0 Å². The van der Waals surface area contributed by atoms with E-state index in [1.165, 1.54) is 0 Å². The molecule has 0 amide bonds. The molecule has 0 saturated carbocycles. The average molecular weight is 220 g/mol. The van der Waals surface area contributed by atoms with Crippen molar-refractivity contribution in [2.24, 2.45) is 12.5 Å². The van der Waals surface area contributed by atoms with Gasteiger partial charge in [0.05, 0.1) is 17.2 Å². The Hall–Kier alpha value is -1.34. The van der Waals surface area contributed by atoms with Crippen LogP contribution in [0.5, 0.6) is 0 Å². The zero-order chi connectivity index (χ0) is 12.0. The van der Waals surface area contributed by atoms with Crippen LogP contribution in [0, 0.1) is 16.7 Å². The molecule has 0 aliphatic heterocycles. The zero-order valence-corrected chi connectivity index (χ0v) is 10.3. The van der Waals surface area contributed by atoms with Gasteiger partial charge in [-0.25, -0.2) is 0 Å². The topological polar surface area (TPSA) is 53.6 Å². The third-order valence-electron chi connectivity index (χ3n) is 2.53. The number of rotatable bonds is 6. The lowest BCUT2D eigenvalue weighted by Crippen LogP contribution is -2.18. The van der Waals surface area contributed by atoms with Gasteiger partial charge in [0.15, 0.2) is 0 Å². The fourth-order valence-corrected chi connectivity index (χ4v) is 1.49. The molecule has 0 aliphatic carbocycles. The minimum Gasteiger partial charge on any atom is -0.311 e. The second-order valence-corrected chi connectivity index (χ2v) is 4.76. The summed E-state index contributed by atoms with van der Waals surface area (Å²) in [7, 11) is 1.92. The summed E-state index contributed by atoms with van der Waals surface area (Å²) in [5, 5.41) is 16.4. The van der Waals surface area contributed by atoms with Crippen LogP contribution in [0.2, 0.25) is 0 Å². The van der Waals surface area contributed by atoms with Crippen LogP contribution in [0.4, 0.5) is 0 Å². The third-order valence-corrected chi connectivity index (χ3v) is 2.53. The quantitative estimate of drug-likeness (QED) is 0.744. The third kappa shape index (κ3) is 4.45. The molecule has 0 atom stereocenters. The molecule has 1 N–H and O–H groups in total. The Balaban J connectivity index is 2.11. The lowest BCUT2D eigenvalue weighted by atomic mass is 9.90. The summed E-state index contributed by atoms with van der Waals surface area (Å²) in [6, 6.07) is 4.32. The van der Waals surface area contributed by atoms with Gasteiger partial charge >= 0.3 is 0 Å². The van der Waals surface area contributed by atoms with Crippen LogP contribution < -0.4 is 5.32 Å². The maximum Gasteiger partial charge on any atom is 0.0762 e. The highest BCUT2D eigenvalue weighted by Gasteiger charge is 2.15. The van der Waals surface area contributed by atoms with Crippen molar-refractivity contribution < 1.29 is 0 Å². The Morgan fingerprint density at radius 1 is 1.56 bits per heavy atom. The van der Waals surface area contributed by atoms with E-state index in [0.29, 0.717) is 0 Å². The van der Waals surface area contributed by atoms with Crippen molar-refractivity contribution in [1.82, 2.24) is 15.1 Å². The van der Waals surface area contributed by atoms with Gasteiger partial charge in [0.25, 0.3) is 0 Å². The van der Waals surface area contributed by atoms with E-state index < -0.39 is 0 Å². The lowest BCUT2D eigenvalue weighted by molar-refractivity contribution is 0.425. The van der Waals surface area contributed by atoms with E-state index in [9.17, 15) is 0 Å². The maximum absolute atomic E-state index is 8.85. The molecule has 1 aromatic rings. The highest BCUT2D eigenvalue weighted by Crippen LogP contribution is 2.19. The minimum absolute atomic E-state index is 0.202. The van der Waals surface area contributed by atoms with Gasteiger partial charge in [-0.15, -0.1) is 0 Å². The molecule has 0 aromatic carbocycles. The van der Waals surface area contributed by atoms with E-state index in [0.717, 1.165) is 31.6 Å². The lowest BCUT2D eigenvalue weighted by Gasteiger charge is -2.14. The molecule has 0 fully saturated rings. The summed E-state index contributed by atoms with van der Waals surface area (Å²) in [6.07, 6.45) is 3.89. The van der Waals surface area contributed by atoms with Crippen molar-refractivity contribution in [3.05, 3.63) is 18.0 Å². The Morgan fingerprint density at radius 3 is 2.88 bits per heavy atom. The van der Waals surface area contributed by atoms with Crippen molar-refractivity contribution in [3.63, 3.8) is 0 Å². The van der Waals surface area contributed by atoms with Crippen LogP contribution in [0.25, 0.3) is 0 Å². The molecule has 0 radical (unpaired) electrons. The molecular weight excluding hydrogens is 200 g/mol. The van der Waals surface area contributed by atoms with Gasteiger partial charge in [-0.3, -0.25) is 4.68 Å². The summed E-state index contributed by atoms with van der Waals surface area (Å²) in [6.45, 7) is 5.69. The maximum atomic E-state index is 8.85. The SMILES string of the molecule is Cn1ccc(CNCCCC(C)(C)C#N)n1. The van der Waals surface area contributed by atoms with Crippen molar-refractivity contribution >= 4 is 0 Å². The first kappa shape index (κ1) is 12.7. The van der Waals surface area contributed by atoms with Crippen molar-refractivity contribution in [3.8, 4) is 6.07 Å². The number of hydrogen-bond acceptors (Lipinski definition) is 3. The predicted octanol–water partition coefficient (Wildman–Crippen LogP) is 1.84. The first-order chi connectivity index (χ1) is 7.53. The Bertz CT molecular complexity index is 359. The van der Waals surface area contributed by atoms with Crippen molar-refractivity contribution in [1.29, 1.82) is 5.26 Å². The van der Waals surface area contributed by atoms with E-state index in [-0.39, 0.29) is 5.41 Å². The fraction of sp³-hybridized carbons (Fsp3) is 0.667. The van der Waals surface area contributed by atoms with E-state index in [4.69, 9.17) is 5.26 Å². The average Bonchev–Trinajstić information content (AvgIpc) is 2.64. The molecule has 1 heterocycles. The van der Waals surface area contributed by atoms with Crippen LogP contribution in [-0.4, -0.2) is 16.3 Å². The van der Waals surface area contributed by atoms with Crippen LogP contribution >= 0.6 is 0 Å². The van der Waals surface area contributed by atoms with E-state index in [2.05, 4.69) is 16.5 Å². The molecular formula is C12H20N4. The summed E-state index contributed by atoms with van der Waals surface area (Å²) < 4.78 is 1.80. The Morgan fingerprint density at radius 2 is 2.31 bits per heavy atom. The predicted molar refractivity (Wildman–Crippen MR) is 63.5 cm³/mol. The second kappa shape index (κ2) is 5.66. The summed E-state index contributed by atoms with van der Waals surface area (Å²) in [4.78, 5) is 0. The first-order valence-electron chi connectivity index (χ1n) is 5.64. The van der Waals surface area contributed by atoms with Crippen LogP contribution in [0.3, 0.4) is 0 Å². The number of aryl methyl sites for hydroxylation is 1. The molecule has 0 unspecified atom stereocenters. The summed E-state index contributed by atoms with van der Waals surface area (Å²) in [5.41, 5.74) is 0.856. The van der Waals surface area contributed by atoms with E-state index in [1.54, 1.807) is 4.68 Å². The smallest absolute Gasteiger partial charge is 0.0762 e. The highest BCUT2D eigenvalue weighted by atomic mass is 15.3. The van der Waals surface area contributed by atoms with Crippen molar-refractivity contribution in [2.75, 3.05) is 6.54 Å². The number of nitriles is 1. The molecule has 88 valence electrons. The molecule has 0 aliphatic rings. The van der Waals surface area contributed by atoms with Crippen LogP contribution in [0.1, 0.15) is 32.4 Å². The molecule has 1 rings (SSSR count). The van der Waals surface area contributed by atoms with Gasteiger partial charge < -0.3 is 5.32 Å². The number of hydrogen-bond donors (Lipinski definition) is 1. The molecule has 0 bridgehead atoms. The standard InChI is InChI=1S/C12H20N4/c1-12(2,10-13)6-4-7-14-9-11-5-8-16(3)15-11/h5,8,14H,4,6-7,9H2,1-3H3. The van der Waals surface area contributed by atoms with Crippen molar-refractivity contribution in [2.45, 2.75) is 33.2 Å². The minimum atomic E-state index is -0.202. The van der Waals surface area contributed by atoms with E-state index in [1.807, 2.05) is 33.2 Å². The van der Waals surface area contributed by atoms with Crippen LogP contribution in [0.15, 0.2) is 12.3 Å². The fourth-order valence-electron chi connectivity index (χ4n) is 1.49. The number of nitrogens with one attached hydrogen (secondary N) is 1.